The SMILES string of the molecule is CCOC(=O)C(C)(CCCN1CCN(c2cccc(-c3ccc(Cl)cc3)c2)CC1)c1ccccc1. The first kappa shape index (κ1) is 25.3. The molecule has 1 aliphatic rings. The zero-order valence-electron chi connectivity index (χ0n) is 20.8. The van der Waals surface area contributed by atoms with Crippen LogP contribution in [0.3, 0.4) is 0 Å². The third-order valence-corrected chi connectivity index (χ3v) is 7.30. The Morgan fingerprint density at radius 3 is 2.31 bits per heavy atom. The van der Waals surface area contributed by atoms with Gasteiger partial charge in [0.1, 0.15) is 0 Å². The van der Waals surface area contributed by atoms with Gasteiger partial charge in [-0.25, -0.2) is 0 Å². The lowest BCUT2D eigenvalue weighted by atomic mass is 9.78. The van der Waals surface area contributed by atoms with Gasteiger partial charge in [-0.1, -0.05) is 66.2 Å². The van der Waals surface area contributed by atoms with Gasteiger partial charge in [0.15, 0.2) is 0 Å². The molecule has 1 fully saturated rings. The van der Waals surface area contributed by atoms with Crippen LogP contribution in [0, 0.1) is 0 Å². The van der Waals surface area contributed by atoms with Crippen molar-refractivity contribution in [2.24, 2.45) is 0 Å². The Balaban J connectivity index is 1.32. The highest BCUT2D eigenvalue weighted by Gasteiger charge is 2.36. The zero-order chi connectivity index (χ0) is 24.7. The first-order valence-corrected chi connectivity index (χ1v) is 12.9. The minimum atomic E-state index is -0.610. The highest BCUT2D eigenvalue weighted by molar-refractivity contribution is 6.30. The lowest BCUT2D eigenvalue weighted by molar-refractivity contribution is -0.149. The number of hydrogen-bond donors (Lipinski definition) is 0. The highest BCUT2D eigenvalue weighted by atomic mass is 35.5. The molecule has 0 aromatic heterocycles. The Bertz CT molecular complexity index is 1090. The van der Waals surface area contributed by atoms with Gasteiger partial charge in [0.2, 0.25) is 0 Å². The number of esters is 1. The Kier molecular flexibility index (Phi) is 8.48. The average molecular weight is 491 g/mol. The van der Waals surface area contributed by atoms with E-state index in [0.717, 1.165) is 56.2 Å². The second-order valence-corrected chi connectivity index (χ2v) is 9.84. The Labute approximate surface area is 214 Å². The van der Waals surface area contributed by atoms with Gasteiger partial charge < -0.3 is 9.64 Å². The van der Waals surface area contributed by atoms with Crippen LogP contribution in [0.4, 0.5) is 5.69 Å². The molecule has 3 aromatic carbocycles. The summed E-state index contributed by atoms with van der Waals surface area (Å²) in [6.07, 6.45) is 1.73. The summed E-state index contributed by atoms with van der Waals surface area (Å²) in [5, 5.41) is 0.757. The standard InChI is InChI=1S/C30H35ClN2O2/c1-3-35-29(34)30(2,26-10-5-4-6-11-26)17-8-18-32-19-21-33(22-20-32)28-12-7-9-25(23-28)24-13-15-27(31)16-14-24/h4-7,9-16,23H,3,8,17-22H2,1-2H3. The predicted octanol–water partition coefficient (Wildman–Crippen LogP) is 6.43. The molecule has 1 atom stereocenters. The number of anilines is 1. The van der Waals surface area contributed by atoms with Gasteiger partial charge in [-0.2, -0.15) is 0 Å². The molecule has 4 nitrogen and oxygen atoms in total. The Morgan fingerprint density at radius 1 is 0.914 bits per heavy atom. The van der Waals surface area contributed by atoms with Crippen LogP contribution in [0.25, 0.3) is 11.1 Å². The maximum atomic E-state index is 12.8. The summed E-state index contributed by atoms with van der Waals surface area (Å²) >= 11 is 6.05. The van der Waals surface area contributed by atoms with Crippen molar-refractivity contribution in [3.63, 3.8) is 0 Å². The molecule has 1 heterocycles. The normalized spacial score (nSPS) is 16.0. The van der Waals surface area contributed by atoms with E-state index in [9.17, 15) is 4.79 Å². The van der Waals surface area contributed by atoms with Crippen LogP contribution in [-0.2, 0) is 14.9 Å². The molecule has 0 saturated carbocycles. The number of benzene rings is 3. The zero-order valence-corrected chi connectivity index (χ0v) is 21.5. The molecule has 1 aliphatic heterocycles. The summed E-state index contributed by atoms with van der Waals surface area (Å²) in [4.78, 5) is 17.8. The summed E-state index contributed by atoms with van der Waals surface area (Å²) in [5.74, 6) is -0.128. The van der Waals surface area contributed by atoms with E-state index in [2.05, 4.69) is 46.2 Å². The molecule has 0 N–H and O–H groups in total. The Morgan fingerprint density at radius 2 is 1.63 bits per heavy atom. The van der Waals surface area contributed by atoms with E-state index in [-0.39, 0.29) is 5.97 Å². The molecule has 0 bridgehead atoms. The molecule has 184 valence electrons. The molecule has 35 heavy (non-hydrogen) atoms. The van der Waals surface area contributed by atoms with Crippen LogP contribution in [0.1, 0.15) is 32.3 Å². The van der Waals surface area contributed by atoms with Crippen molar-refractivity contribution >= 4 is 23.3 Å². The number of ether oxygens (including phenoxy) is 1. The fourth-order valence-corrected chi connectivity index (χ4v) is 5.00. The monoisotopic (exact) mass is 490 g/mol. The summed E-state index contributed by atoms with van der Waals surface area (Å²) in [6.45, 7) is 9.32. The number of halogens is 1. The molecule has 1 unspecified atom stereocenters. The third-order valence-electron chi connectivity index (χ3n) is 7.05. The van der Waals surface area contributed by atoms with Crippen molar-refractivity contribution in [2.75, 3.05) is 44.2 Å². The summed E-state index contributed by atoms with van der Waals surface area (Å²) in [6, 6.07) is 26.8. The van der Waals surface area contributed by atoms with Crippen LogP contribution >= 0.6 is 11.6 Å². The van der Waals surface area contributed by atoms with Crippen LogP contribution in [-0.4, -0.2) is 50.2 Å². The third kappa shape index (κ3) is 6.25. The van der Waals surface area contributed by atoms with Gasteiger partial charge in [-0.3, -0.25) is 9.69 Å². The fraction of sp³-hybridized carbons (Fsp3) is 0.367. The van der Waals surface area contributed by atoms with E-state index in [4.69, 9.17) is 16.3 Å². The van der Waals surface area contributed by atoms with E-state index in [0.29, 0.717) is 6.61 Å². The van der Waals surface area contributed by atoms with Crippen molar-refractivity contribution < 1.29 is 9.53 Å². The molecule has 0 spiro atoms. The van der Waals surface area contributed by atoms with Crippen molar-refractivity contribution in [3.8, 4) is 11.1 Å². The Hall–Kier alpha value is -2.82. The summed E-state index contributed by atoms with van der Waals surface area (Å²) < 4.78 is 5.45. The maximum absolute atomic E-state index is 12.8. The van der Waals surface area contributed by atoms with Gasteiger partial charge in [-0.15, -0.1) is 0 Å². The highest BCUT2D eigenvalue weighted by Crippen LogP contribution is 2.31. The van der Waals surface area contributed by atoms with Crippen molar-refractivity contribution in [1.29, 1.82) is 0 Å². The minimum Gasteiger partial charge on any atom is -0.465 e. The van der Waals surface area contributed by atoms with Gasteiger partial charge in [0, 0.05) is 36.9 Å². The van der Waals surface area contributed by atoms with Crippen LogP contribution in [0.2, 0.25) is 5.02 Å². The summed E-state index contributed by atoms with van der Waals surface area (Å²) in [7, 11) is 0. The lowest BCUT2D eigenvalue weighted by Gasteiger charge is -2.37. The second-order valence-electron chi connectivity index (χ2n) is 9.41. The predicted molar refractivity (Wildman–Crippen MR) is 145 cm³/mol. The van der Waals surface area contributed by atoms with Crippen molar-refractivity contribution in [2.45, 2.75) is 32.1 Å². The van der Waals surface area contributed by atoms with E-state index < -0.39 is 5.41 Å². The van der Waals surface area contributed by atoms with Gasteiger partial charge in [0.05, 0.1) is 12.0 Å². The molecule has 0 amide bonds. The largest absolute Gasteiger partial charge is 0.465 e. The first-order valence-electron chi connectivity index (χ1n) is 12.6. The molecule has 0 aliphatic carbocycles. The second kappa shape index (κ2) is 11.7. The summed E-state index contributed by atoms with van der Waals surface area (Å²) in [5.41, 5.74) is 4.07. The average Bonchev–Trinajstić information content (AvgIpc) is 2.90. The van der Waals surface area contributed by atoms with Gasteiger partial charge >= 0.3 is 5.97 Å². The number of carbonyl (C=O) groups excluding carboxylic acids is 1. The topological polar surface area (TPSA) is 32.8 Å². The molecular formula is C30H35ClN2O2. The smallest absolute Gasteiger partial charge is 0.316 e. The van der Waals surface area contributed by atoms with Crippen LogP contribution in [0.5, 0.6) is 0 Å². The quantitative estimate of drug-likeness (QED) is 0.323. The maximum Gasteiger partial charge on any atom is 0.316 e. The first-order chi connectivity index (χ1) is 17.0. The molecule has 3 aromatic rings. The number of hydrogen-bond acceptors (Lipinski definition) is 4. The van der Waals surface area contributed by atoms with Crippen LogP contribution in [0.15, 0.2) is 78.9 Å². The van der Waals surface area contributed by atoms with Gasteiger partial charge in [0.25, 0.3) is 0 Å². The van der Waals surface area contributed by atoms with E-state index in [1.807, 2.05) is 56.3 Å². The molecule has 1 saturated heterocycles. The minimum absolute atomic E-state index is 0.128. The molecular weight excluding hydrogens is 456 g/mol. The van der Waals surface area contributed by atoms with Gasteiger partial charge in [-0.05, 0) is 74.2 Å². The van der Waals surface area contributed by atoms with Crippen LogP contribution < -0.4 is 4.90 Å². The van der Waals surface area contributed by atoms with E-state index >= 15 is 0 Å². The number of rotatable bonds is 9. The molecule has 4 rings (SSSR count). The number of nitrogens with zero attached hydrogens (tertiary/aromatic N) is 2. The molecule has 0 radical (unpaired) electrons. The van der Waals surface area contributed by atoms with Crippen molar-refractivity contribution in [1.82, 2.24) is 4.90 Å². The number of piperazine rings is 1. The van der Waals surface area contributed by atoms with E-state index in [1.165, 1.54) is 16.8 Å². The lowest BCUT2D eigenvalue weighted by Crippen LogP contribution is -2.47. The molecule has 5 heteroatoms. The number of carbonyl (C=O) groups is 1. The fourth-order valence-electron chi connectivity index (χ4n) is 4.87. The van der Waals surface area contributed by atoms with Crippen molar-refractivity contribution in [3.05, 3.63) is 89.4 Å². The van der Waals surface area contributed by atoms with E-state index in [1.54, 1.807) is 0 Å².